The van der Waals surface area contributed by atoms with E-state index in [1.807, 2.05) is 0 Å². The van der Waals surface area contributed by atoms with Gasteiger partial charge in [0.25, 0.3) is 0 Å². The van der Waals surface area contributed by atoms with Crippen molar-refractivity contribution in [2.24, 2.45) is 0 Å². The average molecular weight is 308 g/mol. The molecule has 2 N–H and O–H groups in total. The van der Waals surface area contributed by atoms with Crippen molar-refractivity contribution in [3.8, 4) is 0 Å². The second-order valence-electron chi connectivity index (χ2n) is 3.46. The number of carboxylic acid groups (broad SMARTS) is 1. The fourth-order valence-electron chi connectivity index (χ4n) is 1.07. The summed E-state index contributed by atoms with van der Waals surface area (Å²) in [6.07, 6.45) is 0. The van der Waals surface area contributed by atoms with Gasteiger partial charge in [0.1, 0.15) is 5.01 Å². The predicted octanol–water partition coefficient (Wildman–Crippen LogP) is -0.178. The molecule has 10 heteroatoms. The molecule has 0 aromatic carbocycles. The first-order chi connectivity index (χ1) is 8.77. The summed E-state index contributed by atoms with van der Waals surface area (Å²) in [6, 6.07) is 0. The number of nitrogens with one attached hydrogen (secondary N) is 1. The zero-order valence-electron chi connectivity index (χ0n) is 10.1. The average Bonchev–Trinajstić information content (AvgIpc) is 2.83. The van der Waals surface area contributed by atoms with Crippen LogP contribution in [-0.2, 0) is 26.1 Å². The third kappa shape index (κ3) is 3.98. The quantitative estimate of drug-likeness (QED) is 0.699. The molecule has 0 saturated heterocycles. The first kappa shape index (κ1) is 15.5. The van der Waals surface area contributed by atoms with E-state index in [-0.39, 0.29) is 17.2 Å². The number of carbonyl (C=O) groups excluding carboxylic acids is 1. The zero-order chi connectivity index (χ0) is 14.6. The van der Waals surface area contributed by atoms with Crippen molar-refractivity contribution in [1.82, 2.24) is 9.71 Å². The number of nitrogens with zero attached hydrogens (tertiary/aromatic N) is 1. The largest absolute Gasteiger partial charge is 0.476 e. The van der Waals surface area contributed by atoms with E-state index in [0.29, 0.717) is 0 Å². The number of methoxy groups -OCH3 is 1. The molecule has 1 atom stereocenters. The molecule has 0 aliphatic heterocycles. The highest BCUT2D eigenvalue weighted by Crippen LogP contribution is 2.10. The molecule has 1 aromatic heterocycles. The van der Waals surface area contributed by atoms with Gasteiger partial charge in [0.2, 0.25) is 10.0 Å². The van der Waals surface area contributed by atoms with Gasteiger partial charge in [-0.25, -0.2) is 22.9 Å². The minimum atomic E-state index is -3.89. The van der Waals surface area contributed by atoms with Crippen LogP contribution in [0.5, 0.6) is 0 Å². The highest BCUT2D eigenvalue weighted by molar-refractivity contribution is 7.90. The van der Waals surface area contributed by atoms with Crippen LogP contribution in [0.4, 0.5) is 0 Å². The molecule has 0 radical (unpaired) electrons. The van der Waals surface area contributed by atoms with Gasteiger partial charge in [-0.2, -0.15) is 0 Å². The van der Waals surface area contributed by atoms with Gasteiger partial charge in [0.05, 0.1) is 13.7 Å². The van der Waals surface area contributed by atoms with Gasteiger partial charge in [-0.1, -0.05) is 0 Å². The highest BCUT2D eigenvalue weighted by Gasteiger charge is 2.28. The van der Waals surface area contributed by atoms with E-state index in [0.717, 1.165) is 18.4 Å². The van der Waals surface area contributed by atoms with E-state index >= 15 is 0 Å². The molecule has 0 saturated carbocycles. The number of aromatic nitrogens is 1. The van der Waals surface area contributed by atoms with Crippen LogP contribution >= 0.6 is 11.3 Å². The van der Waals surface area contributed by atoms with Gasteiger partial charge < -0.3 is 9.84 Å². The molecule has 8 nitrogen and oxygen atoms in total. The Bertz CT molecular complexity index is 579. The number of sulfonamides is 1. The van der Waals surface area contributed by atoms with Crippen LogP contribution in [0, 0.1) is 0 Å². The number of rotatable bonds is 6. The zero-order valence-corrected chi connectivity index (χ0v) is 11.7. The van der Waals surface area contributed by atoms with Gasteiger partial charge in [-0.3, -0.25) is 4.79 Å². The Balaban J connectivity index is 2.69. The summed E-state index contributed by atoms with van der Waals surface area (Å²) >= 11 is 1.01. The number of esters is 1. The van der Waals surface area contributed by atoms with E-state index in [1.165, 1.54) is 12.3 Å². The highest BCUT2D eigenvalue weighted by atomic mass is 32.2. The number of hydrogen-bond donors (Lipinski definition) is 2. The van der Waals surface area contributed by atoms with Crippen molar-refractivity contribution < 1.29 is 27.9 Å². The summed E-state index contributed by atoms with van der Waals surface area (Å²) in [4.78, 5) is 25.4. The van der Waals surface area contributed by atoms with Gasteiger partial charge in [0.15, 0.2) is 10.9 Å². The van der Waals surface area contributed by atoms with E-state index in [9.17, 15) is 18.0 Å². The van der Waals surface area contributed by atoms with E-state index in [1.54, 1.807) is 0 Å². The summed E-state index contributed by atoms with van der Waals surface area (Å²) < 4.78 is 29.9. The molecule has 19 heavy (non-hydrogen) atoms. The van der Waals surface area contributed by atoms with Crippen LogP contribution in [0.3, 0.4) is 0 Å². The maximum Gasteiger partial charge on any atom is 0.355 e. The van der Waals surface area contributed by atoms with E-state index in [2.05, 4.69) is 14.4 Å². The molecular weight excluding hydrogens is 296 g/mol. The minimum absolute atomic E-state index is 0.153. The van der Waals surface area contributed by atoms with Crippen molar-refractivity contribution in [3.63, 3.8) is 0 Å². The van der Waals surface area contributed by atoms with Gasteiger partial charge in [0, 0.05) is 5.38 Å². The van der Waals surface area contributed by atoms with E-state index < -0.39 is 27.2 Å². The number of carbonyl (C=O) groups is 2. The Kier molecular flexibility index (Phi) is 4.97. The van der Waals surface area contributed by atoms with Crippen LogP contribution < -0.4 is 4.72 Å². The van der Waals surface area contributed by atoms with Crippen molar-refractivity contribution in [2.75, 3.05) is 7.11 Å². The first-order valence-corrected chi connectivity index (χ1v) is 7.44. The SMILES string of the molecule is COC(=O)C(C)S(=O)(=O)NCc1nc(C(=O)O)cs1. The first-order valence-electron chi connectivity index (χ1n) is 5.02. The lowest BCUT2D eigenvalue weighted by molar-refractivity contribution is -0.139. The minimum Gasteiger partial charge on any atom is -0.476 e. The van der Waals surface area contributed by atoms with Crippen molar-refractivity contribution in [3.05, 3.63) is 16.1 Å². The fraction of sp³-hybridized carbons (Fsp3) is 0.444. The van der Waals surface area contributed by atoms with Crippen molar-refractivity contribution >= 4 is 33.3 Å². The molecule has 1 unspecified atom stereocenters. The second kappa shape index (κ2) is 6.08. The molecule has 1 rings (SSSR count). The van der Waals surface area contributed by atoms with Crippen LogP contribution in [0.25, 0.3) is 0 Å². The molecular formula is C9H12N2O6S2. The summed E-state index contributed by atoms with van der Waals surface area (Å²) in [5.41, 5.74) is -0.153. The van der Waals surface area contributed by atoms with Crippen molar-refractivity contribution in [1.29, 1.82) is 0 Å². The normalized spacial score (nSPS) is 12.9. The molecule has 106 valence electrons. The summed E-state index contributed by atoms with van der Waals surface area (Å²) in [5.74, 6) is -2.06. The Morgan fingerprint density at radius 3 is 2.68 bits per heavy atom. The van der Waals surface area contributed by atoms with Gasteiger partial charge in [-0.15, -0.1) is 11.3 Å². The molecule has 0 aliphatic rings. The number of hydrogen-bond acceptors (Lipinski definition) is 7. The van der Waals surface area contributed by atoms with Gasteiger partial charge in [-0.05, 0) is 6.92 Å². The van der Waals surface area contributed by atoms with Crippen LogP contribution in [0.1, 0.15) is 22.4 Å². The third-order valence-electron chi connectivity index (χ3n) is 2.19. The third-order valence-corrected chi connectivity index (χ3v) is 4.71. The van der Waals surface area contributed by atoms with E-state index in [4.69, 9.17) is 5.11 Å². The molecule has 1 aromatic rings. The lowest BCUT2D eigenvalue weighted by atomic mass is 10.5. The van der Waals surface area contributed by atoms with Crippen LogP contribution in [0.2, 0.25) is 0 Å². The molecule has 1 heterocycles. The molecule has 0 spiro atoms. The Labute approximate surface area is 113 Å². The molecule has 0 fully saturated rings. The maximum absolute atomic E-state index is 11.7. The summed E-state index contributed by atoms with van der Waals surface area (Å²) in [7, 11) is -2.79. The number of ether oxygens (including phenoxy) is 1. The lowest BCUT2D eigenvalue weighted by Crippen LogP contribution is -2.37. The smallest absolute Gasteiger partial charge is 0.355 e. The lowest BCUT2D eigenvalue weighted by Gasteiger charge is -2.10. The second-order valence-corrected chi connectivity index (χ2v) is 6.49. The van der Waals surface area contributed by atoms with Crippen LogP contribution in [-0.4, -0.2) is 42.8 Å². The number of thiazole rings is 1. The number of carboxylic acids is 1. The fourth-order valence-corrected chi connectivity index (χ4v) is 2.81. The standard InChI is InChI=1S/C9H12N2O6S2/c1-5(9(14)17-2)19(15,16)10-3-7-11-6(4-18-7)8(12)13/h4-5,10H,3H2,1-2H3,(H,12,13). The summed E-state index contributed by atoms with van der Waals surface area (Å²) in [6.45, 7) is 1.01. The number of aromatic carboxylic acids is 1. The molecule has 0 amide bonds. The Hall–Kier alpha value is -1.52. The van der Waals surface area contributed by atoms with Crippen molar-refractivity contribution in [2.45, 2.75) is 18.7 Å². The summed E-state index contributed by atoms with van der Waals surface area (Å²) in [5, 5.41) is 8.90. The van der Waals surface area contributed by atoms with Gasteiger partial charge >= 0.3 is 11.9 Å². The Morgan fingerprint density at radius 2 is 2.21 bits per heavy atom. The van der Waals surface area contributed by atoms with Crippen LogP contribution in [0.15, 0.2) is 5.38 Å². The predicted molar refractivity (Wildman–Crippen MR) is 66.3 cm³/mol. The Morgan fingerprint density at radius 1 is 1.58 bits per heavy atom. The topological polar surface area (TPSA) is 123 Å². The molecule has 0 aliphatic carbocycles. The monoisotopic (exact) mass is 308 g/mol. The molecule has 0 bridgehead atoms. The maximum atomic E-state index is 11.7.